The molecule has 1 saturated carbocycles. The normalized spacial score (nSPS) is 20.2. The summed E-state index contributed by atoms with van der Waals surface area (Å²) in [4.78, 5) is 52.1. The second-order valence-corrected chi connectivity index (χ2v) is 15.6. The van der Waals surface area contributed by atoms with E-state index in [9.17, 15) is 22.8 Å². The van der Waals surface area contributed by atoms with Crippen LogP contribution in [0.25, 0.3) is 0 Å². The number of carbonyl (C=O) groups excluding carboxylic acids is 3. The molecular formula is C38H38Cl2N4O7S. The molecular weight excluding hydrogens is 727 g/mol. The van der Waals surface area contributed by atoms with Gasteiger partial charge in [0.1, 0.15) is 13.2 Å². The van der Waals surface area contributed by atoms with Crippen molar-refractivity contribution in [2.24, 2.45) is 0 Å². The van der Waals surface area contributed by atoms with Crippen LogP contribution in [0.4, 0.5) is 0 Å². The number of amides is 2. The van der Waals surface area contributed by atoms with Gasteiger partial charge in [0.15, 0.2) is 0 Å². The van der Waals surface area contributed by atoms with Crippen LogP contribution in [-0.2, 0) is 37.6 Å². The number of rotatable bonds is 12. The van der Waals surface area contributed by atoms with Gasteiger partial charge in [-0.25, -0.2) is 23.4 Å². The lowest BCUT2D eigenvalue weighted by atomic mass is 9.75. The van der Waals surface area contributed by atoms with E-state index in [2.05, 4.69) is 15.2 Å². The van der Waals surface area contributed by atoms with Gasteiger partial charge in [-0.05, 0) is 72.0 Å². The fourth-order valence-corrected chi connectivity index (χ4v) is 8.47. The fourth-order valence-electron chi connectivity index (χ4n) is 7.12. The summed E-state index contributed by atoms with van der Waals surface area (Å²) in [5.74, 6) is -1.76. The zero-order valence-corrected chi connectivity index (χ0v) is 30.7. The molecule has 2 N–H and O–H groups in total. The molecule has 0 bridgehead atoms. The molecule has 4 atom stereocenters. The number of carbonyl (C=O) groups is 3. The molecule has 1 unspecified atom stereocenters. The lowest BCUT2D eigenvalue weighted by Gasteiger charge is -2.49. The number of ether oxygens (including phenoxy) is 1. The number of nitrogens with one attached hydrogen (secondary N) is 2. The van der Waals surface area contributed by atoms with Crippen LogP contribution in [0.15, 0.2) is 91.1 Å². The minimum Gasteiger partial charge on any atom is -0.457 e. The molecule has 0 saturated heterocycles. The maximum atomic E-state index is 14.5. The molecule has 1 aliphatic heterocycles. The molecule has 0 spiro atoms. The number of hydroxylamine groups is 1. The maximum absolute atomic E-state index is 14.5. The quantitative estimate of drug-likeness (QED) is 0.123. The van der Waals surface area contributed by atoms with E-state index in [0.717, 1.165) is 19.1 Å². The number of sulfonamides is 1. The zero-order valence-electron chi connectivity index (χ0n) is 28.3. The standard InChI is InChI=1S/C38H38Cl2N4O7S/c1-52(48,49)43-33-13-7-8-14-34(33)44-36(30-16-15-26(39)20-32(30)40)31(28-11-5-6-12-29(28)37(44)46)21-35(45)42-51-23-27-19-24(17-18-41-27)22-50-38(47)25-9-3-2-4-10-25/h2-6,9-12,15-20,31,33-34,36,43H,7-8,13-14,21-23H2,1H3,(H,42,45)/t31-,33?,34+,36+/m1/s1. The van der Waals surface area contributed by atoms with Crippen molar-refractivity contribution < 1.29 is 32.4 Å². The van der Waals surface area contributed by atoms with Crippen LogP contribution in [0.1, 0.15) is 87.2 Å². The van der Waals surface area contributed by atoms with Crippen LogP contribution >= 0.6 is 23.2 Å². The van der Waals surface area contributed by atoms with Crippen molar-refractivity contribution in [2.45, 2.75) is 69.4 Å². The van der Waals surface area contributed by atoms with Gasteiger partial charge in [0.2, 0.25) is 15.9 Å². The Morgan fingerprint density at radius 1 is 0.923 bits per heavy atom. The third-order valence-electron chi connectivity index (χ3n) is 9.31. The summed E-state index contributed by atoms with van der Waals surface area (Å²) in [7, 11) is -3.60. The lowest BCUT2D eigenvalue weighted by Crippen LogP contribution is -2.58. The molecule has 11 nitrogen and oxygen atoms in total. The Morgan fingerprint density at radius 3 is 2.44 bits per heavy atom. The van der Waals surface area contributed by atoms with Crippen molar-refractivity contribution >= 4 is 51.0 Å². The Labute approximate surface area is 312 Å². The number of benzene rings is 3. The first kappa shape index (κ1) is 37.4. The Hall–Kier alpha value is -4.33. The van der Waals surface area contributed by atoms with Crippen molar-refractivity contribution in [3.63, 3.8) is 0 Å². The second kappa shape index (κ2) is 16.6. The van der Waals surface area contributed by atoms with Crippen molar-refractivity contribution in [1.29, 1.82) is 0 Å². The Balaban J connectivity index is 1.22. The first-order chi connectivity index (χ1) is 25.0. The van der Waals surface area contributed by atoms with Crippen LogP contribution in [0, 0.1) is 0 Å². The lowest BCUT2D eigenvalue weighted by molar-refractivity contribution is -0.135. The van der Waals surface area contributed by atoms with Crippen molar-refractivity contribution in [3.05, 3.63) is 135 Å². The highest BCUT2D eigenvalue weighted by Gasteiger charge is 2.47. The summed E-state index contributed by atoms with van der Waals surface area (Å²) in [6.07, 6.45) is 5.28. The van der Waals surface area contributed by atoms with Gasteiger partial charge in [0.05, 0.1) is 23.6 Å². The van der Waals surface area contributed by atoms with Gasteiger partial charge in [-0.3, -0.25) is 19.4 Å². The van der Waals surface area contributed by atoms with Gasteiger partial charge in [0, 0.05) is 46.2 Å². The molecule has 1 aliphatic carbocycles. The second-order valence-electron chi connectivity index (χ2n) is 13.0. The minimum atomic E-state index is -3.60. The number of aromatic nitrogens is 1. The topological polar surface area (TPSA) is 144 Å². The molecule has 14 heteroatoms. The van der Waals surface area contributed by atoms with Crippen LogP contribution in [0.2, 0.25) is 10.0 Å². The summed E-state index contributed by atoms with van der Waals surface area (Å²) in [5.41, 5.74) is 5.85. The van der Waals surface area contributed by atoms with E-state index in [0.29, 0.717) is 56.4 Å². The predicted molar refractivity (Wildman–Crippen MR) is 196 cm³/mol. The first-order valence-corrected chi connectivity index (χ1v) is 19.5. The fraction of sp³-hybridized carbons (Fsp3) is 0.316. The molecule has 4 aromatic rings. The molecule has 2 heterocycles. The highest BCUT2D eigenvalue weighted by Crippen LogP contribution is 2.49. The molecule has 2 amide bonds. The van der Waals surface area contributed by atoms with Crippen molar-refractivity contribution in [1.82, 2.24) is 20.1 Å². The monoisotopic (exact) mass is 764 g/mol. The van der Waals surface area contributed by atoms with Gasteiger partial charge < -0.3 is 9.64 Å². The van der Waals surface area contributed by atoms with Crippen LogP contribution in [-0.4, -0.2) is 54.4 Å². The number of pyridine rings is 1. The Morgan fingerprint density at radius 2 is 1.67 bits per heavy atom. The van der Waals surface area contributed by atoms with E-state index in [4.69, 9.17) is 32.8 Å². The average molecular weight is 766 g/mol. The molecule has 1 fully saturated rings. The number of halogens is 2. The molecule has 6 rings (SSSR count). The van der Waals surface area contributed by atoms with Gasteiger partial charge >= 0.3 is 5.97 Å². The maximum Gasteiger partial charge on any atom is 0.338 e. The Bertz CT molecular complexity index is 2050. The first-order valence-electron chi connectivity index (χ1n) is 16.9. The summed E-state index contributed by atoms with van der Waals surface area (Å²) >= 11 is 13.1. The SMILES string of the molecule is CS(=O)(=O)NC1CCCC[C@@H]1N1C(=O)c2ccccc2[C@@H](CC(=O)NOCc2cc(COC(=O)c3ccccc3)ccn2)[C@@H]1c1ccc(Cl)cc1Cl. The van der Waals surface area contributed by atoms with E-state index in [1.807, 2.05) is 18.2 Å². The molecule has 1 aromatic heterocycles. The van der Waals surface area contributed by atoms with Gasteiger partial charge in [-0.15, -0.1) is 0 Å². The number of fused-ring (bicyclic) bond motifs is 1. The third kappa shape index (κ3) is 8.99. The molecule has 272 valence electrons. The summed E-state index contributed by atoms with van der Waals surface area (Å²) in [5, 5.41) is 0.729. The van der Waals surface area contributed by atoms with E-state index < -0.39 is 45.9 Å². The Kier molecular flexibility index (Phi) is 11.9. The van der Waals surface area contributed by atoms with E-state index >= 15 is 0 Å². The van der Waals surface area contributed by atoms with Crippen molar-refractivity contribution in [3.8, 4) is 0 Å². The van der Waals surface area contributed by atoms with Gasteiger partial charge in [-0.2, -0.15) is 0 Å². The van der Waals surface area contributed by atoms with E-state index in [1.165, 1.54) is 0 Å². The molecule has 2 aliphatic rings. The molecule has 52 heavy (non-hydrogen) atoms. The van der Waals surface area contributed by atoms with Crippen molar-refractivity contribution in [2.75, 3.05) is 6.26 Å². The predicted octanol–water partition coefficient (Wildman–Crippen LogP) is 6.52. The van der Waals surface area contributed by atoms with Gasteiger partial charge in [0.25, 0.3) is 5.91 Å². The number of hydrogen-bond acceptors (Lipinski definition) is 8. The van der Waals surface area contributed by atoms with Crippen LogP contribution < -0.4 is 10.2 Å². The van der Waals surface area contributed by atoms with Crippen LogP contribution in [0.3, 0.4) is 0 Å². The number of esters is 1. The summed E-state index contributed by atoms with van der Waals surface area (Å²) in [6, 6.07) is 22.5. The smallest absolute Gasteiger partial charge is 0.338 e. The van der Waals surface area contributed by atoms with Crippen LogP contribution in [0.5, 0.6) is 0 Å². The molecule has 3 aromatic carbocycles. The van der Waals surface area contributed by atoms with E-state index in [-0.39, 0.29) is 25.5 Å². The number of hydrogen-bond donors (Lipinski definition) is 2. The highest BCUT2D eigenvalue weighted by atomic mass is 35.5. The minimum absolute atomic E-state index is 0.0299. The largest absolute Gasteiger partial charge is 0.457 e. The summed E-state index contributed by atoms with van der Waals surface area (Å²) in [6.45, 7) is -0.0342. The zero-order chi connectivity index (χ0) is 36.8. The molecule has 0 radical (unpaired) electrons. The average Bonchev–Trinajstić information content (AvgIpc) is 3.12. The summed E-state index contributed by atoms with van der Waals surface area (Å²) < 4.78 is 33.1. The number of nitrogens with zero attached hydrogens (tertiary/aromatic N) is 2. The van der Waals surface area contributed by atoms with E-state index in [1.54, 1.807) is 77.8 Å². The highest BCUT2D eigenvalue weighted by molar-refractivity contribution is 7.88. The third-order valence-corrected chi connectivity index (χ3v) is 10.6. The van der Waals surface area contributed by atoms with Gasteiger partial charge in [-0.1, -0.05) is 78.5 Å².